The Hall–Kier alpha value is -1.49. The zero-order chi connectivity index (χ0) is 13.7. The van der Waals surface area contributed by atoms with E-state index in [1.807, 2.05) is 13.8 Å². The first-order valence-corrected chi connectivity index (χ1v) is 5.91. The lowest BCUT2D eigenvalue weighted by molar-refractivity contribution is 0.0923. The Morgan fingerprint density at radius 3 is 2.28 bits per heavy atom. The average molecular weight is 256 g/mol. The van der Waals surface area contributed by atoms with Crippen LogP contribution in [-0.4, -0.2) is 18.5 Å². The summed E-state index contributed by atoms with van der Waals surface area (Å²) in [6.07, 6.45) is 0.626. The van der Waals surface area contributed by atoms with Gasteiger partial charge in [-0.3, -0.25) is 4.79 Å². The SMILES string of the molecule is CC(C)C(CCN)NC(=O)c1cc(F)cc(F)c1. The van der Waals surface area contributed by atoms with Crippen molar-refractivity contribution in [3.63, 3.8) is 0 Å². The maximum absolute atomic E-state index is 13.0. The van der Waals surface area contributed by atoms with Gasteiger partial charge in [-0.05, 0) is 31.0 Å². The maximum Gasteiger partial charge on any atom is 0.251 e. The lowest BCUT2D eigenvalue weighted by Crippen LogP contribution is -2.40. The highest BCUT2D eigenvalue weighted by Crippen LogP contribution is 2.10. The highest BCUT2D eigenvalue weighted by molar-refractivity contribution is 5.94. The largest absolute Gasteiger partial charge is 0.349 e. The summed E-state index contributed by atoms with van der Waals surface area (Å²) in [5.74, 6) is -1.81. The first kappa shape index (κ1) is 14.6. The molecule has 0 aromatic heterocycles. The van der Waals surface area contributed by atoms with Gasteiger partial charge in [-0.2, -0.15) is 0 Å². The van der Waals surface area contributed by atoms with Crippen LogP contribution in [0.1, 0.15) is 30.6 Å². The van der Waals surface area contributed by atoms with E-state index in [0.29, 0.717) is 13.0 Å². The lowest BCUT2D eigenvalue weighted by Gasteiger charge is -2.21. The van der Waals surface area contributed by atoms with Gasteiger partial charge in [-0.25, -0.2) is 8.78 Å². The second-order valence-electron chi connectivity index (χ2n) is 4.56. The van der Waals surface area contributed by atoms with Gasteiger partial charge >= 0.3 is 0 Å². The first-order valence-electron chi connectivity index (χ1n) is 5.91. The number of benzene rings is 1. The molecule has 0 aliphatic heterocycles. The van der Waals surface area contributed by atoms with Crippen molar-refractivity contribution in [2.24, 2.45) is 11.7 Å². The van der Waals surface area contributed by atoms with Crippen LogP contribution < -0.4 is 11.1 Å². The van der Waals surface area contributed by atoms with E-state index in [9.17, 15) is 13.6 Å². The van der Waals surface area contributed by atoms with Gasteiger partial charge in [0, 0.05) is 17.7 Å². The average Bonchev–Trinajstić information content (AvgIpc) is 2.26. The molecule has 1 rings (SSSR count). The molecular weight excluding hydrogens is 238 g/mol. The van der Waals surface area contributed by atoms with E-state index in [0.717, 1.165) is 18.2 Å². The summed E-state index contributed by atoms with van der Waals surface area (Å²) in [4.78, 5) is 11.9. The fourth-order valence-corrected chi connectivity index (χ4v) is 1.69. The number of rotatable bonds is 5. The van der Waals surface area contributed by atoms with Crippen molar-refractivity contribution in [3.8, 4) is 0 Å². The molecule has 3 nitrogen and oxygen atoms in total. The molecule has 0 bridgehead atoms. The lowest BCUT2D eigenvalue weighted by atomic mass is 10.0. The van der Waals surface area contributed by atoms with Crippen molar-refractivity contribution in [3.05, 3.63) is 35.4 Å². The highest BCUT2D eigenvalue weighted by Gasteiger charge is 2.17. The maximum atomic E-state index is 13.0. The Morgan fingerprint density at radius 1 is 1.28 bits per heavy atom. The third-order valence-electron chi connectivity index (χ3n) is 2.72. The predicted octanol–water partition coefficient (Wildman–Crippen LogP) is 2.07. The standard InChI is InChI=1S/C13H18F2N2O/c1-8(2)12(3-4-16)17-13(18)9-5-10(14)7-11(15)6-9/h5-8,12H,3-4,16H2,1-2H3,(H,17,18). The molecule has 0 fully saturated rings. The Kier molecular flexibility index (Phi) is 5.22. The molecule has 1 aromatic carbocycles. The van der Waals surface area contributed by atoms with Gasteiger partial charge in [0.15, 0.2) is 0 Å². The molecule has 1 unspecified atom stereocenters. The molecule has 18 heavy (non-hydrogen) atoms. The molecule has 1 aromatic rings. The van der Waals surface area contributed by atoms with Crippen molar-refractivity contribution in [2.75, 3.05) is 6.54 Å². The van der Waals surface area contributed by atoms with Gasteiger partial charge in [0.2, 0.25) is 0 Å². The van der Waals surface area contributed by atoms with Crippen LogP contribution in [0.25, 0.3) is 0 Å². The van der Waals surface area contributed by atoms with E-state index < -0.39 is 17.5 Å². The highest BCUT2D eigenvalue weighted by atomic mass is 19.1. The Morgan fingerprint density at radius 2 is 1.83 bits per heavy atom. The van der Waals surface area contributed by atoms with Gasteiger partial charge in [0.05, 0.1) is 0 Å². The van der Waals surface area contributed by atoms with Crippen molar-refractivity contribution in [2.45, 2.75) is 26.3 Å². The third-order valence-corrected chi connectivity index (χ3v) is 2.72. The molecule has 0 heterocycles. The minimum Gasteiger partial charge on any atom is -0.349 e. The van der Waals surface area contributed by atoms with Crippen LogP contribution in [0, 0.1) is 17.6 Å². The molecule has 0 aliphatic rings. The minimum absolute atomic E-state index is 0.0184. The van der Waals surface area contributed by atoms with E-state index in [2.05, 4.69) is 5.32 Å². The number of hydrogen-bond acceptors (Lipinski definition) is 2. The molecule has 0 radical (unpaired) electrons. The summed E-state index contributed by atoms with van der Waals surface area (Å²) >= 11 is 0. The quantitative estimate of drug-likeness (QED) is 0.847. The molecule has 0 spiro atoms. The fraction of sp³-hybridized carbons (Fsp3) is 0.462. The zero-order valence-electron chi connectivity index (χ0n) is 10.5. The van der Waals surface area contributed by atoms with Crippen LogP contribution >= 0.6 is 0 Å². The van der Waals surface area contributed by atoms with Gasteiger partial charge in [0.25, 0.3) is 5.91 Å². The number of carbonyl (C=O) groups is 1. The van der Waals surface area contributed by atoms with E-state index in [-0.39, 0.29) is 17.5 Å². The molecular formula is C13H18F2N2O. The van der Waals surface area contributed by atoms with Crippen LogP contribution in [-0.2, 0) is 0 Å². The monoisotopic (exact) mass is 256 g/mol. The second kappa shape index (κ2) is 6.44. The number of amides is 1. The van der Waals surface area contributed by atoms with E-state index in [1.54, 1.807) is 0 Å². The van der Waals surface area contributed by atoms with Gasteiger partial charge < -0.3 is 11.1 Å². The van der Waals surface area contributed by atoms with Crippen LogP contribution in [0.5, 0.6) is 0 Å². The van der Waals surface area contributed by atoms with E-state index in [1.165, 1.54) is 0 Å². The van der Waals surface area contributed by atoms with E-state index >= 15 is 0 Å². The molecule has 1 amide bonds. The van der Waals surface area contributed by atoms with Crippen LogP contribution in [0.4, 0.5) is 8.78 Å². The normalized spacial score (nSPS) is 12.6. The zero-order valence-corrected chi connectivity index (χ0v) is 10.5. The smallest absolute Gasteiger partial charge is 0.251 e. The van der Waals surface area contributed by atoms with Crippen LogP contribution in [0.2, 0.25) is 0 Å². The molecule has 0 saturated carbocycles. The van der Waals surface area contributed by atoms with Gasteiger partial charge in [-0.15, -0.1) is 0 Å². The van der Waals surface area contributed by atoms with Crippen LogP contribution in [0.3, 0.4) is 0 Å². The Bertz CT molecular complexity index is 401. The van der Waals surface area contributed by atoms with Gasteiger partial charge in [0.1, 0.15) is 11.6 Å². The molecule has 3 N–H and O–H groups in total. The van der Waals surface area contributed by atoms with Crippen molar-refractivity contribution in [1.82, 2.24) is 5.32 Å². The second-order valence-corrected chi connectivity index (χ2v) is 4.56. The predicted molar refractivity (Wildman–Crippen MR) is 66.1 cm³/mol. The van der Waals surface area contributed by atoms with Crippen LogP contribution in [0.15, 0.2) is 18.2 Å². The topological polar surface area (TPSA) is 55.1 Å². The summed E-state index contributed by atoms with van der Waals surface area (Å²) in [5, 5.41) is 2.74. The molecule has 0 aliphatic carbocycles. The minimum atomic E-state index is -0.764. The van der Waals surface area contributed by atoms with Crippen molar-refractivity contribution < 1.29 is 13.6 Å². The summed E-state index contributed by atoms with van der Waals surface area (Å²) in [6.45, 7) is 4.35. The molecule has 0 saturated heterocycles. The summed E-state index contributed by atoms with van der Waals surface area (Å²) in [6, 6.07) is 2.65. The Labute approximate surface area is 105 Å². The number of hydrogen-bond donors (Lipinski definition) is 2. The summed E-state index contributed by atoms with van der Waals surface area (Å²) in [7, 11) is 0. The van der Waals surface area contributed by atoms with Gasteiger partial charge in [-0.1, -0.05) is 13.8 Å². The number of nitrogens with one attached hydrogen (secondary N) is 1. The van der Waals surface area contributed by atoms with Crippen molar-refractivity contribution >= 4 is 5.91 Å². The first-order chi connectivity index (χ1) is 8.43. The molecule has 5 heteroatoms. The van der Waals surface area contributed by atoms with E-state index in [4.69, 9.17) is 5.73 Å². The third kappa shape index (κ3) is 4.07. The Balaban J connectivity index is 2.80. The summed E-state index contributed by atoms with van der Waals surface area (Å²) in [5.41, 5.74) is 5.44. The molecule has 1 atom stereocenters. The van der Waals surface area contributed by atoms with Crippen molar-refractivity contribution in [1.29, 1.82) is 0 Å². The number of nitrogens with two attached hydrogens (primary N) is 1. The molecule has 100 valence electrons. The number of halogens is 2. The number of carbonyl (C=O) groups excluding carboxylic acids is 1. The summed E-state index contributed by atoms with van der Waals surface area (Å²) < 4.78 is 26.0. The fourth-order valence-electron chi connectivity index (χ4n) is 1.69.